The van der Waals surface area contributed by atoms with E-state index in [9.17, 15) is 4.39 Å². The average molecular weight is 175 g/mol. The minimum absolute atomic E-state index is 0.288. The quantitative estimate of drug-likeness (QED) is 0.505. The van der Waals surface area contributed by atoms with Gasteiger partial charge in [0.1, 0.15) is 5.82 Å². The largest absolute Gasteiger partial charge is 0.323 e. The van der Waals surface area contributed by atoms with Crippen LogP contribution in [0.1, 0.15) is 5.56 Å². The summed E-state index contributed by atoms with van der Waals surface area (Å²) in [7, 11) is 0. The van der Waals surface area contributed by atoms with Crippen LogP contribution in [0.3, 0.4) is 0 Å². The van der Waals surface area contributed by atoms with E-state index >= 15 is 0 Å². The molecular weight excluding hydrogens is 167 g/mol. The Bertz CT molecular complexity index is 275. The van der Waals surface area contributed by atoms with Crippen molar-refractivity contribution in [1.29, 1.82) is 0 Å². The molecule has 0 saturated carbocycles. The van der Waals surface area contributed by atoms with Crippen LogP contribution in [0.4, 0.5) is 10.1 Å². The van der Waals surface area contributed by atoms with Crippen molar-refractivity contribution in [3.8, 4) is 0 Å². The molecule has 60 valence electrons. The first-order valence-corrected chi connectivity index (χ1v) is 3.45. The molecule has 0 unspecified atom stereocenters. The van der Waals surface area contributed by atoms with E-state index in [0.29, 0.717) is 11.3 Å². The fourth-order valence-electron chi connectivity index (χ4n) is 0.768. The standard InChI is InChI=1S/C7H8ClFN2/c1-4-2-7(11-10)5(8)3-6(4)9/h2-3,11H,10H2,1H3. The minimum Gasteiger partial charge on any atom is -0.323 e. The van der Waals surface area contributed by atoms with Gasteiger partial charge in [-0.1, -0.05) is 11.6 Å². The molecule has 0 spiro atoms. The number of hydrazine groups is 1. The molecule has 11 heavy (non-hydrogen) atoms. The van der Waals surface area contributed by atoms with E-state index in [2.05, 4.69) is 5.43 Å². The first-order valence-electron chi connectivity index (χ1n) is 3.07. The van der Waals surface area contributed by atoms with Gasteiger partial charge in [0.2, 0.25) is 0 Å². The van der Waals surface area contributed by atoms with Gasteiger partial charge in [0.25, 0.3) is 0 Å². The van der Waals surface area contributed by atoms with Gasteiger partial charge in [-0.05, 0) is 24.6 Å². The first-order chi connectivity index (χ1) is 5.15. The molecule has 0 aliphatic heterocycles. The van der Waals surface area contributed by atoms with Gasteiger partial charge in [-0.2, -0.15) is 0 Å². The third-order valence-electron chi connectivity index (χ3n) is 1.40. The summed E-state index contributed by atoms with van der Waals surface area (Å²) in [6.07, 6.45) is 0. The summed E-state index contributed by atoms with van der Waals surface area (Å²) in [5.41, 5.74) is 3.41. The second kappa shape index (κ2) is 3.07. The predicted molar refractivity (Wildman–Crippen MR) is 44.0 cm³/mol. The Labute approximate surface area is 69.1 Å². The lowest BCUT2D eigenvalue weighted by molar-refractivity contribution is 0.619. The van der Waals surface area contributed by atoms with Crippen molar-refractivity contribution in [3.63, 3.8) is 0 Å². The Morgan fingerprint density at radius 1 is 1.55 bits per heavy atom. The lowest BCUT2D eigenvalue weighted by Crippen LogP contribution is -2.07. The lowest BCUT2D eigenvalue weighted by Gasteiger charge is -2.04. The molecule has 3 N–H and O–H groups in total. The molecule has 0 radical (unpaired) electrons. The number of aryl methyl sites for hydroxylation is 1. The second-order valence-corrected chi connectivity index (χ2v) is 2.63. The predicted octanol–water partition coefficient (Wildman–Crippen LogP) is 2.07. The van der Waals surface area contributed by atoms with Crippen LogP contribution in [0.25, 0.3) is 0 Å². The maximum atomic E-state index is 12.7. The third-order valence-corrected chi connectivity index (χ3v) is 1.72. The fraction of sp³-hybridized carbons (Fsp3) is 0.143. The normalized spacial score (nSPS) is 9.82. The van der Waals surface area contributed by atoms with Crippen molar-refractivity contribution in [2.24, 2.45) is 5.84 Å². The summed E-state index contributed by atoms with van der Waals surface area (Å²) in [6, 6.07) is 2.78. The summed E-state index contributed by atoms with van der Waals surface area (Å²) >= 11 is 5.62. The van der Waals surface area contributed by atoms with Crippen LogP contribution >= 0.6 is 11.6 Å². The number of hydrogen-bond donors (Lipinski definition) is 2. The third kappa shape index (κ3) is 1.61. The van der Waals surface area contributed by atoms with E-state index in [-0.39, 0.29) is 10.8 Å². The van der Waals surface area contributed by atoms with Crippen molar-refractivity contribution < 1.29 is 4.39 Å². The Hall–Kier alpha value is -0.800. The van der Waals surface area contributed by atoms with Crippen molar-refractivity contribution in [1.82, 2.24) is 0 Å². The van der Waals surface area contributed by atoms with Crippen molar-refractivity contribution in [2.75, 3.05) is 5.43 Å². The van der Waals surface area contributed by atoms with Gasteiger partial charge in [0.05, 0.1) is 10.7 Å². The van der Waals surface area contributed by atoms with Crippen molar-refractivity contribution in [2.45, 2.75) is 6.92 Å². The van der Waals surface area contributed by atoms with Crippen LogP contribution in [0.5, 0.6) is 0 Å². The van der Waals surface area contributed by atoms with Gasteiger partial charge in [-0.25, -0.2) is 4.39 Å². The monoisotopic (exact) mass is 174 g/mol. The molecule has 0 atom stereocenters. The highest BCUT2D eigenvalue weighted by Crippen LogP contribution is 2.23. The van der Waals surface area contributed by atoms with Gasteiger partial charge >= 0.3 is 0 Å². The Balaban J connectivity index is 3.21. The number of nitrogen functional groups attached to an aromatic ring is 1. The van der Waals surface area contributed by atoms with Gasteiger partial charge in [0.15, 0.2) is 0 Å². The van der Waals surface area contributed by atoms with Gasteiger partial charge in [-0.15, -0.1) is 0 Å². The SMILES string of the molecule is Cc1cc(NN)c(Cl)cc1F. The summed E-state index contributed by atoms with van der Waals surface area (Å²) in [4.78, 5) is 0. The molecular formula is C7H8ClFN2. The molecule has 1 rings (SSSR count). The number of nitrogens with two attached hydrogens (primary N) is 1. The summed E-state index contributed by atoms with van der Waals surface area (Å²) < 4.78 is 12.7. The number of hydrogen-bond acceptors (Lipinski definition) is 2. The smallest absolute Gasteiger partial charge is 0.127 e. The van der Waals surface area contributed by atoms with E-state index in [1.807, 2.05) is 0 Å². The highest BCUT2D eigenvalue weighted by Gasteiger charge is 2.03. The zero-order valence-electron chi connectivity index (χ0n) is 5.99. The second-order valence-electron chi connectivity index (χ2n) is 2.23. The molecule has 1 aromatic carbocycles. The van der Waals surface area contributed by atoms with E-state index in [1.165, 1.54) is 6.07 Å². The number of halogens is 2. The molecule has 0 amide bonds. The highest BCUT2D eigenvalue weighted by atomic mass is 35.5. The maximum absolute atomic E-state index is 12.7. The number of rotatable bonds is 1. The molecule has 0 heterocycles. The summed E-state index contributed by atoms with van der Waals surface area (Å²) in [6.45, 7) is 1.65. The molecule has 2 nitrogen and oxygen atoms in total. The van der Waals surface area contributed by atoms with Gasteiger partial charge in [-0.3, -0.25) is 5.84 Å². The van der Waals surface area contributed by atoms with Crippen LogP contribution in [0, 0.1) is 12.7 Å². The molecule has 0 bridgehead atoms. The number of anilines is 1. The highest BCUT2D eigenvalue weighted by molar-refractivity contribution is 6.33. The Kier molecular flexibility index (Phi) is 2.31. The topological polar surface area (TPSA) is 38.0 Å². The molecule has 0 aromatic heterocycles. The number of benzene rings is 1. The van der Waals surface area contributed by atoms with Gasteiger partial charge < -0.3 is 5.43 Å². The van der Waals surface area contributed by atoms with Crippen molar-refractivity contribution >= 4 is 17.3 Å². The zero-order valence-corrected chi connectivity index (χ0v) is 6.74. The molecule has 0 aliphatic rings. The van der Waals surface area contributed by atoms with E-state index < -0.39 is 0 Å². The average Bonchev–Trinajstić information content (AvgIpc) is 1.97. The Morgan fingerprint density at radius 2 is 2.18 bits per heavy atom. The molecule has 0 aliphatic carbocycles. The molecule has 1 aromatic rings. The van der Waals surface area contributed by atoms with E-state index in [1.54, 1.807) is 13.0 Å². The van der Waals surface area contributed by atoms with Crippen LogP contribution in [-0.2, 0) is 0 Å². The van der Waals surface area contributed by atoms with Gasteiger partial charge in [0, 0.05) is 0 Å². The number of nitrogens with one attached hydrogen (secondary N) is 1. The van der Waals surface area contributed by atoms with Crippen LogP contribution in [0.2, 0.25) is 5.02 Å². The molecule has 0 saturated heterocycles. The van der Waals surface area contributed by atoms with E-state index in [4.69, 9.17) is 17.4 Å². The Morgan fingerprint density at radius 3 is 2.73 bits per heavy atom. The van der Waals surface area contributed by atoms with Crippen LogP contribution in [0.15, 0.2) is 12.1 Å². The van der Waals surface area contributed by atoms with Crippen LogP contribution < -0.4 is 11.3 Å². The van der Waals surface area contributed by atoms with Crippen LogP contribution in [-0.4, -0.2) is 0 Å². The summed E-state index contributed by atoms with van der Waals surface area (Å²) in [5, 5.41) is 0.288. The molecule has 0 fully saturated rings. The minimum atomic E-state index is -0.325. The fourth-order valence-corrected chi connectivity index (χ4v) is 0.973. The van der Waals surface area contributed by atoms with E-state index in [0.717, 1.165) is 0 Å². The lowest BCUT2D eigenvalue weighted by atomic mass is 10.2. The zero-order chi connectivity index (χ0) is 8.43. The van der Waals surface area contributed by atoms with Crippen molar-refractivity contribution in [3.05, 3.63) is 28.5 Å². The maximum Gasteiger partial charge on any atom is 0.127 e. The molecule has 4 heteroatoms. The first kappa shape index (κ1) is 8.30. The summed E-state index contributed by atoms with van der Waals surface area (Å²) in [5.74, 6) is 4.79.